The molecule has 0 aromatic carbocycles. The monoisotopic (exact) mass is 260 g/mol. The van der Waals surface area contributed by atoms with Gasteiger partial charge in [-0.15, -0.1) is 0 Å². The van der Waals surface area contributed by atoms with E-state index >= 15 is 0 Å². The Morgan fingerprint density at radius 1 is 1.42 bits per heavy atom. The average Bonchev–Trinajstić information content (AvgIpc) is 3.13. The molecule has 1 amide bonds. The maximum absolute atomic E-state index is 12.8. The summed E-state index contributed by atoms with van der Waals surface area (Å²) < 4.78 is 18.1. The first kappa shape index (κ1) is 11.9. The summed E-state index contributed by atoms with van der Waals surface area (Å²) in [5.74, 6) is 0.0299. The second kappa shape index (κ2) is 4.84. The molecule has 0 saturated heterocycles. The van der Waals surface area contributed by atoms with Crippen LogP contribution in [0.3, 0.4) is 0 Å². The molecule has 5 heteroatoms. The van der Waals surface area contributed by atoms with Crippen molar-refractivity contribution in [2.24, 2.45) is 0 Å². The molecule has 19 heavy (non-hydrogen) atoms. The minimum absolute atomic E-state index is 0.133. The fourth-order valence-corrected chi connectivity index (χ4v) is 1.99. The highest BCUT2D eigenvalue weighted by Crippen LogP contribution is 2.29. The Balaban J connectivity index is 1.79. The Labute approximate surface area is 109 Å². The van der Waals surface area contributed by atoms with Gasteiger partial charge in [0, 0.05) is 12.2 Å². The summed E-state index contributed by atoms with van der Waals surface area (Å²) >= 11 is 0. The predicted molar refractivity (Wildman–Crippen MR) is 65.8 cm³/mol. The third-order valence-corrected chi connectivity index (χ3v) is 3.13. The van der Waals surface area contributed by atoms with Crippen molar-refractivity contribution in [2.45, 2.75) is 25.4 Å². The molecule has 0 atom stereocenters. The molecule has 1 fully saturated rings. The number of carbonyl (C=O) groups excluding carboxylic acids is 1. The fourth-order valence-electron chi connectivity index (χ4n) is 1.99. The highest BCUT2D eigenvalue weighted by molar-refractivity contribution is 5.94. The lowest BCUT2D eigenvalue weighted by Crippen LogP contribution is -2.32. The molecular weight excluding hydrogens is 247 g/mol. The molecular formula is C14H13FN2O2. The minimum atomic E-state index is -0.583. The maximum Gasteiger partial charge on any atom is 0.256 e. The zero-order valence-corrected chi connectivity index (χ0v) is 10.3. The first-order valence-corrected chi connectivity index (χ1v) is 6.19. The lowest BCUT2D eigenvalue weighted by atomic mass is 10.2. The van der Waals surface area contributed by atoms with E-state index in [0.717, 1.165) is 18.6 Å². The number of aromatic nitrogens is 1. The zero-order valence-electron chi connectivity index (χ0n) is 10.3. The number of hydrogen-bond donors (Lipinski definition) is 0. The van der Waals surface area contributed by atoms with E-state index in [4.69, 9.17) is 4.42 Å². The van der Waals surface area contributed by atoms with Gasteiger partial charge in [-0.1, -0.05) is 0 Å². The minimum Gasteiger partial charge on any atom is -0.467 e. The molecule has 3 rings (SSSR count). The van der Waals surface area contributed by atoms with Crippen LogP contribution < -0.4 is 0 Å². The Bertz CT molecular complexity index is 562. The summed E-state index contributed by atoms with van der Waals surface area (Å²) in [7, 11) is 0. The number of nitrogens with zero attached hydrogens (tertiary/aromatic N) is 2. The van der Waals surface area contributed by atoms with Gasteiger partial charge in [0.25, 0.3) is 5.91 Å². The van der Waals surface area contributed by atoms with Crippen LogP contribution in [0.1, 0.15) is 29.0 Å². The van der Waals surface area contributed by atoms with Crippen molar-refractivity contribution >= 4 is 5.91 Å². The van der Waals surface area contributed by atoms with Gasteiger partial charge in [-0.2, -0.15) is 4.39 Å². The second-order valence-corrected chi connectivity index (χ2v) is 4.61. The van der Waals surface area contributed by atoms with Gasteiger partial charge in [0.2, 0.25) is 5.95 Å². The number of hydrogen-bond acceptors (Lipinski definition) is 3. The van der Waals surface area contributed by atoms with Gasteiger partial charge in [-0.05, 0) is 37.1 Å². The van der Waals surface area contributed by atoms with Gasteiger partial charge >= 0.3 is 0 Å². The molecule has 0 unspecified atom stereocenters. The Morgan fingerprint density at radius 2 is 2.26 bits per heavy atom. The summed E-state index contributed by atoms with van der Waals surface area (Å²) in [5.41, 5.74) is 0.403. The molecule has 2 heterocycles. The van der Waals surface area contributed by atoms with Gasteiger partial charge in [-0.25, -0.2) is 4.98 Å². The number of rotatable bonds is 4. The van der Waals surface area contributed by atoms with Crippen LogP contribution >= 0.6 is 0 Å². The second-order valence-electron chi connectivity index (χ2n) is 4.61. The third kappa shape index (κ3) is 2.65. The van der Waals surface area contributed by atoms with E-state index in [9.17, 15) is 9.18 Å². The topological polar surface area (TPSA) is 46.3 Å². The normalized spacial score (nSPS) is 14.4. The molecule has 2 aromatic rings. The lowest BCUT2D eigenvalue weighted by molar-refractivity contribution is 0.0717. The average molecular weight is 260 g/mol. The molecule has 2 aromatic heterocycles. The smallest absolute Gasteiger partial charge is 0.256 e. The largest absolute Gasteiger partial charge is 0.467 e. The van der Waals surface area contributed by atoms with Crippen LogP contribution in [0.15, 0.2) is 41.1 Å². The number of carbonyl (C=O) groups is 1. The van der Waals surface area contributed by atoms with E-state index in [1.807, 2.05) is 6.07 Å². The Morgan fingerprint density at radius 3 is 2.84 bits per heavy atom. The Kier molecular flexibility index (Phi) is 3.03. The lowest BCUT2D eigenvalue weighted by Gasteiger charge is -2.21. The molecule has 0 bridgehead atoms. The van der Waals surface area contributed by atoms with Crippen LogP contribution in [0.4, 0.5) is 4.39 Å². The van der Waals surface area contributed by atoms with Crippen molar-refractivity contribution < 1.29 is 13.6 Å². The van der Waals surface area contributed by atoms with Crippen LogP contribution in [-0.2, 0) is 6.54 Å². The van der Waals surface area contributed by atoms with Crippen molar-refractivity contribution in [3.8, 4) is 0 Å². The van der Waals surface area contributed by atoms with E-state index in [1.54, 1.807) is 17.2 Å². The molecule has 1 saturated carbocycles. The van der Waals surface area contributed by atoms with E-state index < -0.39 is 5.95 Å². The molecule has 4 nitrogen and oxygen atoms in total. The number of furan rings is 1. The molecule has 0 N–H and O–H groups in total. The number of amides is 1. The van der Waals surface area contributed by atoms with Crippen molar-refractivity contribution in [3.05, 3.63) is 54.0 Å². The predicted octanol–water partition coefficient (Wildman–Crippen LogP) is 2.62. The summed E-state index contributed by atoms with van der Waals surface area (Å²) in [6.07, 6.45) is 4.86. The maximum atomic E-state index is 12.8. The van der Waals surface area contributed by atoms with E-state index in [-0.39, 0.29) is 11.9 Å². The quantitative estimate of drug-likeness (QED) is 0.794. The fraction of sp³-hybridized carbons (Fsp3) is 0.286. The Hall–Kier alpha value is -2.17. The first-order chi connectivity index (χ1) is 9.24. The van der Waals surface area contributed by atoms with E-state index in [2.05, 4.69) is 4.98 Å². The van der Waals surface area contributed by atoms with E-state index in [1.165, 1.54) is 18.3 Å². The molecule has 98 valence electrons. The van der Waals surface area contributed by atoms with Gasteiger partial charge < -0.3 is 9.32 Å². The number of halogens is 1. The van der Waals surface area contributed by atoms with Gasteiger partial charge in [0.05, 0.1) is 18.4 Å². The first-order valence-electron chi connectivity index (χ1n) is 6.19. The van der Waals surface area contributed by atoms with E-state index in [0.29, 0.717) is 12.1 Å². The van der Waals surface area contributed by atoms with Crippen molar-refractivity contribution in [3.63, 3.8) is 0 Å². The van der Waals surface area contributed by atoms with Crippen LogP contribution in [-0.4, -0.2) is 21.8 Å². The van der Waals surface area contributed by atoms with Gasteiger partial charge in [-0.3, -0.25) is 4.79 Å². The standard InChI is InChI=1S/C14H13FN2O2/c15-13-6-3-10(8-16-13)14(18)17(11-4-5-11)9-12-2-1-7-19-12/h1-3,6-8,11H,4-5,9H2. The van der Waals surface area contributed by atoms with Crippen molar-refractivity contribution in [1.82, 2.24) is 9.88 Å². The van der Waals surface area contributed by atoms with Crippen LogP contribution in [0.25, 0.3) is 0 Å². The van der Waals surface area contributed by atoms with Gasteiger partial charge in [0.1, 0.15) is 5.76 Å². The summed E-state index contributed by atoms with van der Waals surface area (Å²) in [5, 5.41) is 0. The molecule has 1 aliphatic carbocycles. The number of pyridine rings is 1. The van der Waals surface area contributed by atoms with Crippen LogP contribution in [0, 0.1) is 5.95 Å². The summed E-state index contributed by atoms with van der Waals surface area (Å²) in [4.78, 5) is 17.7. The van der Waals surface area contributed by atoms with Crippen LogP contribution in [0.5, 0.6) is 0 Å². The zero-order chi connectivity index (χ0) is 13.2. The van der Waals surface area contributed by atoms with Crippen molar-refractivity contribution in [2.75, 3.05) is 0 Å². The highest BCUT2D eigenvalue weighted by atomic mass is 19.1. The summed E-state index contributed by atoms with van der Waals surface area (Å²) in [6.45, 7) is 0.438. The summed E-state index contributed by atoms with van der Waals surface area (Å²) in [6, 6.07) is 6.55. The SMILES string of the molecule is O=C(c1ccc(F)nc1)N(Cc1ccco1)C1CC1. The molecule has 0 radical (unpaired) electrons. The molecule has 0 aliphatic heterocycles. The van der Waals surface area contributed by atoms with Gasteiger partial charge in [0.15, 0.2) is 0 Å². The molecule has 1 aliphatic rings. The van der Waals surface area contributed by atoms with Crippen molar-refractivity contribution in [1.29, 1.82) is 0 Å². The van der Waals surface area contributed by atoms with Crippen LogP contribution in [0.2, 0.25) is 0 Å². The molecule has 0 spiro atoms. The third-order valence-electron chi connectivity index (χ3n) is 3.13. The highest BCUT2D eigenvalue weighted by Gasteiger charge is 2.33.